The predicted molar refractivity (Wildman–Crippen MR) is 95.8 cm³/mol. The maximum atomic E-state index is 12.0. The number of aryl methyl sites for hydroxylation is 1. The first kappa shape index (κ1) is 17.8. The molecule has 5 heteroatoms. The Bertz CT molecular complexity index is 753. The zero-order valence-corrected chi connectivity index (χ0v) is 14.2. The van der Waals surface area contributed by atoms with Gasteiger partial charge in [-0.25, -0.2) is 4.79 Å². The van der Waals surface area contributed by atoms with E-state index in [2.05, 4.69) is 5.32 Å². The van der Waals surface area contributed by atoms with Crippen molar-refractivity contribution in [1.29, 1.82) is 0 Å². The van der Waals surface area contributed by atoms with E-state index >= 15 is 0 Å². The molecule has 0 saturated carbocycles. The van der Waals surface area contributed by atoms with Crippen molar-refractivity contribution < 1.29 is 14.3 Å². The minimum Gasteiger partial charge on any atom is -0.449 e. The van der Waals surface area contributed by atoms with Crippen LogP contribution in [0.3, 0.4) is 0 Å². The monoisotopic (exact) mass is 343 g/mol. The van der Waals surface area contributed by atoms with Gasteiger partial charge in [-0.15, -0.1) is 0 Å². The van der Waals surface area contributed by atoms with Gasteiger partial charge in [0.1, 0.15) is 0 Å². The number of carbonyl (C=O) groups excluding carboxylic acids is 2. The predicted octanol–water partition coefficient (Wildman–Crippen LogP) is 4.23. The van der Waals surface area contributed by atoms with E-state index in [1.807, 2.05) is 31.2 Å². The van der Waals surface area contributed by atoms with Gasteiger partial charge in [-0.3, -0.25) is 4.79 Å². The van der Waals surface area contributed by atoms with Crippen LogP contribution in [-0.4, -0.2) is 18.0 Å². The van der Waals surface area contributed by atoms with Crippen LogP contribution < -0.4 is 5.32 Å². The third kappa shape index (κ3) is 5.56. The van der Waals surface area contributed by atoms with E-state index in [1.54, 1.807) is 30.3 Å². The third-order valence-electron chi connectivity index (χ3n) is 3.23. The van der Waals surface area contributed by atoms with Crippen molar-refractivity contribution in [3.8, 4) is 0 Å². The Morgan fingerprint density at radius 3 is 2.54 bits per heavy atom. The Balaban J connectivity index is 1.88. The molecule has 0 heterocycles. The lowest BCUT2D eigenvalue weighted by Crippen LogP contribution is -2.29. The lowest BCUT2D eigenvalue weighted by molar-refractivity contribution is -0.148. The van der Waals surface area contributed by atoms with Crippen molar-refractivity contribution in [3.63, 3.8) is 0 Å². The number of hydrogen-bond donors (Lipinski definition) is 1. The number of halogens is 1. The lowest BCUT2D eigenvalue weighted by Gasteiger charge is -2.12. The van der Waals surface area contributed by atoms with Gasteiger partial charge in [0, 0.05) is 16.8 Å². The van der Waals surface area contributed by atoms with Gasteiger partial charge in [-0.1, -0.05) is 41.4 Å². The SMILES string of the molecule is Cc1cccc(/C=C/C(=O)O[C@H](C)C(=O)Nc2ccc(Cl)cc2)c1. The quantitative estimate of drug-likeness (QED) is 0.652. The molecule has 1 atom stereocenters. The molecule has 0 unspecified atom stereocenters. The van der Waals surface area contributed by atoms with Crippen LogP contribution in [0.1, 0.15) is 18.1 Å². The summed E-state index contributed by atoms with van der Waals surface area (Å²) < 4.78 is 5.10. The maximum absolute atomic E-state index is 12.0. The van der Waals surface area contributed by atoms with Gasteiger partial charge >= 0.3 is 5.97 Å². The molecule has 0 aliphatic heterocycles. The summed E-state index contributed by atoms with van der Waals surface area (Å²) in [7, 11) is 0. The summed E-state index contributed by atoms with van der Waals surface area (Å²) >= 11 is 5.78. The molecule has 2 aromatic rings. The zero-order valence-electron chi connectivity index (χ0n) is 13.5. The highest BCUT2D eigenvalue weighted by atomic mass is 35.5. The molecule has 1 amide bonds. The standard InChI is InChI=1S/C19H18ClNO3/c1-13-4-3-5-15(12-13)6-11-18(22)24-14(2)19(23)21-17-9-7-16(20)8-10-17/h3-12,14H,1-2H3,(H,21,23)/b11-6+/t14-/m1/s1. The van der Waals surface area contributed by atoms with Crippen LogP contribution in [0.15, 0.2) is 54.6 Å². The highest BCUT2D eigenvalue weighted by molar-refractivity contribution is 6.30. The molecule has 2 rings (SSSR count). The van der Waals surface area contributed by atoms with Gasteiger partial charge in [0.15, 0.2) is 6.10 Å². The first-order valence-corrected chi connectivity index (χ1v) is 7.83. The zero-order chi connectivity index (χ0) is 17.5. The Hall–Kier alpha value is -2.59. The molecule has 2 aromatic carbocycles. The molecular weight excluding hydrogens is 326 g/mol. The van der Waals surface area contributed by atoms with Crippen LogP contribution in [-0.2, 0) is 14.3 Å². The first-order valence-electron chi connectivity index (χ1n) is 7.46. The lowest BCUT2D eigenvalue weighted by atomic mass is 10.1. The van der Waals surface area contributed by atoms with Crippen LogP contribution in [0, 0.1) is 6.92 Å². The van der Waals surface area contributed by atoms with E-state index in [4.69, 9.17) is 16.3 Å². The molecule has 0 spiro atoms. The Morgan fingerprint density at radius 1 is 1.17 bits per heavy atom. The van der Waals surface area contributed by atoms with Gasteiger partial charge in [-0.2, -0.15) is 0 Å². The van der Waals surface area contributed by atoms with Crippen molar-refractivity contribution in [2.45, 2.75) is 20.0 Å². The first-order chi connectivity index (χ1) is 11.4. The number of anilines is 1. The van der Waals surface area contributed by atoms with Crippen LogP contribution >= 0.6 is 11.6 Å². The van der Waals surface area contributed by atoms with E-state index in [9.17, 15) is 9.59 Å². The average molecular weight is 344 g/mol. The Labute approximate surface area is 146 Å². The summed E-state index contributed by atoms with van der Waals surface area (Å²) in [5.74, 6) is -0.982. The number of hydrogen-bond acceptors (Lipinski definition) is 3. The molecule has 0 aliphatic carbocycles. The van der Waals surface area contributed by atoms with E-state index in [0.717, 1.165) is 11.1 Å². The number of esters is 1. The summed E-state index contributed by atoms with van der Waals surface area (Å²) in [4.78, 5) is 23.8. The van der Waals surface area contributed by atoms with Crippen molar-refractivity contribution in [1.82, 2.24) is 0 Å². The summed E-state index contributed by atoms with van der Waals surface area (Å²) in [5.41, 5.74) is 2.58. The number of ether oxygens (including phenoxy) is 1. The summed E-state index contributed by atoms with van der Waals surface area (Å²) in [6.07, 6.45) is 2.05. The topological polar surface area (TPSA) is 55.4 Å². The molecule has 0 radical (unpaired) electrons. The second-order valence-corrected chi connectivity index (χ2v) is 5.76. The molecule has 124 valence electrons. The molecule has 1 N–H and O–H groups in total. The minimum absolute atomic E-state index is 0.408. The fraction of sp³-hybridized carbons (Fsp3) is 0.158. The van der Waals surface area contributed by atoms with Crippen LogP contribution in [0.25, 0.3) is 6.08 Å². The second-order valence-electron chi connectivity index (χ2n) is 5.32. The van der Waals surface area contributed by atoms with Crippen LogP contribution in [0.4, 0.5) is 5.69 Å². The van der Waals surface area contributed by atoms with Crippen molar-refractivity contribution in [2.75, 3.05) is 5.32 Å². The van der Waals surface area contributed by atoms with Crippen molar-refractivity contribution >= 4 is 35.2 Å². The van der Waals surface area contributed by atoms with Crippen molar-refractivity contribution in [3.05, 3.63) is 70.8 Å². The minimum atomic E-state index is -0.907. The number of carbonyl (C=O) groups is 2. The largest absolute Gasteiger partial charge is 0.449 e. The van der Waals surface area contributed by atoms with Crippen LogP contribution in [0.5, 0.6) is 0 Å². The number of amides is 1. The van der Waals surface area contributed by atoms with Gasteiger partial charge in [0.05, 0.1) is 0 Å². The fourth-order valence-corrected chi connectivity index (χ4v) is 2.11. The molecule has 0 saturated heterocycles. The molecule has 0 bridgehead atoms. The average Bonchev–Trinajstić information content (AvgIpc) is 2.55. The van der Waals surface area contributed by atoms with Gasteiger partial charge < -0.3 is 10.1 Å². The maximum Gasteiger partial charge on any atom is 0.331 e. The third-order valence-corrected chi connectivity index (χ3v) is 3.48. The Kier molecular flexibility index (Phi) is 6.15. The van der Waals surface area contributed by atoms with Gasteiger partial charge in [0.2, 0.25) is 0 Å². The van der Waals surface area contributed by atoms with E-state index in [0.29, 0.717) is 10.7 Å². The van der Waals surface area contributed by atoms with Crippen LogP contribution in [0.2, 0.25) is 5.02 Å². The summed E-state index contributed by atoms with van der Waals surface area (Å²) in [6, 6.07) is 14.4. The fourth-order valence-electron chi connectivity index (χ4n) is 1.98. The number of rotatable bonds is 5. The van der Waals surface area contributed by atoms with Crippen molar-refractivity contribution in [2.24, 2.45) is 0 Å². The molecule has 0 fully saturated rings. The highest BCUT2D eigenvalue weighted by Crippen LogP contribution is 2.14. The molecule has 24 heavy (non-hydrogen) atoms. The second kappa shape index (κ2) is 8.31. The van der Waals surface area contributed by atoms with E-state index < -0.39 is 18.0 Å². The molecule has 0 aliphatic rings. The number of nitrogens with one attached hydrogen (secondary N) is 1. The van der Waals surface area contributed by atoms with E-state index in [-0.39, 0.29) is 0 Å². The molecule has 4 nitrogen and oxygen atoms in total. The highest BCUT2D eigenvalue weighted by Gasteiger charge is 2.16. The molecular formula is C19H18ClNO3. The normalized spacial score (nSPS) is 12.0. The smallest absolute Gasteiger partial charge is 0.331 e. The summed E-state index contributed by atoms with van der Waals surface area (Å²) in [6.45, 7) is 3.49. The summed E-state index contributed by atoms with van der Waals surface area (Å²) in [5, 5.41) is 3.23. The molecule has 0 aromatic heterocycles. The van der Waals surface area contributed by atoms with Gasteiger partial charge in [0.25, 0.3) is 5.91 Å². The Morgan fingerprint density at radius 2 is 1.88 bits per heavy atom. The van der Waals surface area contributed by atoms with E-state index in [1.165, 1.54) is 13.0 Å². The number of benzene rings is 2. The van der Waals surface area contributed by atoms with Gasteiger partial charge in [-0.05, 0) is 49.8 Å².